The maximum absolute atomic E-state index is 10.9. The van der Waals surface area contributed by atoms with Gasteiger partial charge in [0, 0.05) is 20.3 Å². The highest BCUT2D eigenvalue weighted by atomic mass is 16.7. The van der Waals surface area contributed by atoms with E-state index in [1.54, 1.807) is 20.3 Å². The number of carboxylic acids is 1. The van der Waals surface area contributed by atoms with Crippen molar-refractivity contribution in [3.05, 3.63) is 72.4 Å². The van der Waals surface area contributed by atoms with Gasteiger partial charge in [-0.2, -0.15) is 0 Å². The number of aliphatic hydroxyl groups excluding tert-OH is 1. The molecule has 9 heteroatoms. The third kappa shape index (κ3) is 16.3. The van der Waals surface area contributed by atoms with Gasteiger partial charge in [0.25, 0.3) is 0 Å². The zero-order chi connectivity index (χ0) is 31.5. The van der Waals surface area contributed by atoms with Crippen molar-refractivity contribution in [2.24, 2.45) is 5.92 Å². The van der Waals surface area contributed by atoms with Gasteiger partial charge in [0.1, 0.15) is 19.7 Å². The number of carboxylic acid groups (broad SMARTS) is 1. The lowest BCUT2D eigenvalue weighted by Crippen LogP contribution is -2.28. The molecule has 0 aromatic carbocycles. The van der Waals surface area contributed by atoms with Gasteiger partial charge in [-0.05, 0) is 57.8 Å². The van der Waals surface area contributed by atoms with E-state index in [1.807, 2.05) is 30.4 Å². The lowest BCUT2D eigenvalue weighted by molar-refractivity contribution is -0.131. The second kappa shape index (κ2) is 21.4. The quantitative estimate of drug-likeness (QED) is 0.0972. The highest BCUT2D eigenvalue weighted by molar-refractivity contribution is 5.79. The van der Waals surface area contributed by atoms with E-state index >= 15 is 0 Å². The Morgan fingerprint density at radius 2 is 1.93 bits per heavy atom. The Balaban J connectivity index is 1.86. The molecule has 0 unspecified atom stereocenters. The normalized spacial score (nSPS) is 23.9. The van der Waals surface area contributed by atoms with Gasteiger partial charge in [0.15, 0.2) is 0 Å². The lowest BCUT2D eigenvalue weighted by atomic mass is 9.91. The SMILES string of the molecule is C=C(C[C@H](C)C[C@@H]1CC=C[C@@H](C/C=C\C(=O)O)O1)C[C@@H](/C=C/C[C@H](O)[C@H](/C=C/[C@@H]1CC(C)=CCO1)OCOC)OCOC. The lowest BCUT2D eigenvalue weighted by Gasteiger charge is -2.28. The van der Waals surface area contributed by atoms with E-state index in [1.165, 1.54) is 5.57 Å². The standard InChI is InChI=1S/C34H52O9/c1-25-17-18-40-30(20-25)15-16-33(42-24-39-5)32(35)13-7-11-29(41-23-38-4)21-26(2)19-27(3)22-31-12-6-9-28(43-31)10-8-14-34(36)37/h6-9,11,14-17,27-33,35H,2,10,12-13,18-24H2,1,3-5H3,(H,36,37)/b11-7+,14-8-,16-15+/t27-,28-,29+,30+,31-,32-,33-/m0/s1. The van der Waals surface area contributed by atoms with E-state index in [0.717, 1.165) is 37.3 Å². The van der Waals surface area contributed by atoms with Crippen LogP contribution in [-0.2, 0) is 33.2 Å². The van der Waals surface area contributed by atoms with Crippen LogP contribution in [-0.4, -0.2) is 87.2 Å². The van der Waals surface area contributed by atoms with Crippen molar-refractivity contribution in [2.45, 2.75) is 95.4 Å². The summed E-state index contributed by atoms with van der Waals surface area (Å²) in [4.78, 5) is 10.7. The molecule has 0 bridgehead atoms. The maximum Gasteiger partial charge on any atom is 0.327 e. The van der Waals surface area contributed by atoms with Crippen LogP contribution in [0.25, 0.3) is 0 Å². The van der Waals surface area contributed by atoms with Gasteiger partial charge >= 0.3 is 5.97 Å². The average molecular weight is 605 g/mol. The molecule has 2 aliphatic heterocycles. The molecule has 9 nitrogen and oxygen atoms in total. The van der Waals surface area contributed by atoms with Gasteiger partial charge in [0.2, 0.25) is 0 Å². The van der Waals surface area contributed by atoms with E-state index in [0.29, 0.717) is 31.8 Å². The fraction of sp³-hybridized carbons (Fsp3) is 0.618. The van der Waals surface area contributed by atoms with E-state index in [9.17, 15) is 9.90 Å². The molecule has 2 aliphatic rings. The van der Waals surface area contributed by atoms with E-state index < -0.39 is 18.2 Å². The molecule has 0 saturated carbocycles. The molecule has 2 rings (SSSR count). The van der Waals surface area contributed by atoms with Crippen LogP contribution in [0.15, 0.2) is 72.4 Å². The summed E-state index contributed by atoms with van der Waals surface area (Å²) in [5, 5.41) is 19.7. The highest BCUT2D eigenvalue weighted by Crippen LogP contribution is 2.26. The number of carbonyl (C=O) groups is 1. The number of aliphatic hydroxyl groups is 1. The second-order valence-electron chi connectivity index (χ2n) is 11.3. The number of rotatable bonds is 21. The van der Waals surface area contributed by atoms with Gasteiger partial charge in [-0.1, -0.05) is 73.3 Å². The molecule has 0 radical (unpaired) electrons. The van der Waals surface area contributed by atoms with Crippen LogP contribution in [0.4, 0.5) is 0 Å². The molecule has 0 saturated heterocycles. The molecule has 0 amide bonds. The minimum atomic E-state index is -0.951. The molecular weight excluding hydrogens is 552 g/mol. The van der Waals surface area contributed by atoms with Crippen LogP contribution in [0.2, 0.25) is 0 Å². The first-order chi connectivity index (χ1) is 20.7. The van der Waals surface area contributed by atoms with Crippen molar-refractivity contribution in [1.29, 1.82) is 0 Å². The number of hydrogen-bond acceptors (Lipinski definition) is 8. The third-order valence-electron chi connectivity index (χ3n) is 7.20. The van der Waals surface area contributed by atoms with Crippen molar-refractivity contribution >= 4 is 5.97 Å². The van der Waals surface area contributed by atoms with Crippen LogP contribution in [0.1, 0.15) is 58.8 Å². The van der Waals surface area contributed by atoms with Crippen LogP contribution in [0, 0.1) is 5.92 Å². The summed E-state index contributed by atoms with van der Waals surface area (Å²) in [5.74, 6) is -0.598. The molecule has 43 heavy (non-hydrogen) atoms. The number of ether oxygens (including phenoxy) is 6. The molecule has 2 N–H and O–H groups in total. The predicted molar refractivity (Wildman–Crippen MR) is 166 cm³/mol. The summed E-state index contributed by atoms with van der Waals surface area (Å²) in [6.07, 6.45) is 19.9. The van der Waals surface area contributed by atoms with Crippen molar-refractivity contribution in [3.63, 3.8) is 0 Å². The summed E-state index contributed by atoms with van der Waals surface area (Å²) in [5.41, 5.74) is 2.35. The maximum atomic E-state index is 10.9. The van der Waals surface area contributed by atoms with Crippen LogP contribution in [0.5, 0.6) is 0 Å². The van der Waals surface area contributed by atoms with Crippen molar-refractivity contribution in [3.8, 4) is 0 Å². The first-order valence-electron chi connectivity index (χ1n) is 15.1. The molecule has 0 fully saturated rings. The number of hydrogen-bond donors (Lipinski definition) is 2. The minimum absolute atomic E-state index is 0.0369. The summed E-state index contributed by atoms with van der Waals surface area (Å²) in [6, 6.07) is 0. The molecule has 242 valence electrons. The van der Waals surface area contributed by atoms with Crippen LogP contribution < -0.4 is 0 Å². The second-order valence-corrected chi connectivity index (χ2v) is 11.3. The molecule has 0 aromatic heterocycles. The summed E-state index contributed by atoms with van der Waals surface area (Å²) >= 11 is 0. The topological polar surface area (TPSA) is 113 Å². The Labute approximate surface area is 257 Å². The van der Waals surface area contributed by atoms with E-state index in [-0.39, 0.29) is 38.0 Å². The molecule has 0 spiro atoms. The van der Waals surface area contributed by atoms with E-state index in [2.05, 4.69) is 32.6 Å². The van der Waals surface area contributed by atoms with Gasteiger partial charge in [-0.15, -0.1) is 0 Å². The van der Waals surface area contributed by atoms with Crippen molar-refractivity contribution < 1.29 is 43.4 Å². The van der Waals surface area contributed by atoms with Crippen molar-refractivity contribution in [2.75, 3.05) is 34.4 Å². The molecule has 0 aromatic rings. The van der Waals surface area contributed by atoms with Gasteiger partial charge < -0.3 is 38.6 Å². The first-order valence-corrected chi connectivity index (χ1v) is 15.1. The Bertz CT molecular complexity index is 967. The zero-order valence-corrected chi connectivity index (χ0v) is 26.3. The van der Waals surface area contributed by atoms with Crippen LogP contribution in [0.3, 0.4) is 0 Å². The summed E-state index contributed by atoms with van der Waals surface area (Å²) in [6.45, 7) is 9.39. The third-order valence-corrected chi connectivity index (χ3v) is 7.20. The Morgan fingerprint density at radius 3 is 2.65 bits per heavy atom. The van der Waals surface area contributed by atoms with Gasteiger partial charge in [0.05, 0.1) is 37.1 Å². The minimum Gasteiger partial charge on any atom is -0.478 e. The van der Waals surface area contributed by atoms with Gasteiger partial charge in [-0.3, -0.25) is 0 Å². The summed E-state index contributed by atoms with van der Waals surface area (Å²) < 4.78 is 33.7. The molecule has 7 atom stereocenters. The largest absolute Gasteiger partial charge is 0.478 e. The number of methoxy groups -OCH3 is 2. The Morgan fingerprint density at radius 1 is 1.16 bits per heavy atom. The predicted octanol–water partition coefficient (Wildman–Crippen LogP) is 5.67. The van der Waals surface area contributed by atoms with Gasteiger partial charge in [-0.25, -0.2) is 4.79 Å². The number of aliphatic carboxylic acids is 1. The zero-order valence-electron chi connectivity index (χ0n) is 26.3. The Kier molecular flexibility index (Phi) is 18.3. The smallest absolute Gasteiger partial charge is 0.327 e. The highest BCUT2D eigenvalue weighted by Gasteiger charge is 2.21. The average Bonchev–Trinajstić information content (AvgIpc) is 2.95. The van der Waals surface area contributed by atoms with Crippen LogP contribution >= 0.6 is 0 Å². The first kappa shape index (κ1) is 36.8. The fourth-order valence-electron chi connectivity index (χ4n) is 5.13. The van der Waals surface area contributed by atoms with E-state index in [4.69, 9.17) is 33.5 Å². The molecule has 0 aliphatic carbocycles. The molecule has 2 heterocycles. The monoisotopic (exact) mass is 604 g/mol. The summed E-state index contributed by atoms with van der Waals surface area (Å²) in [7, 11) is 3.14. The molecular formula is C34H52O9. The van der Waals surface area contributed by atoms with Crippen molar-refractivity contribution in [1.82, 2.24) is 0 Å². The Hall–Kier alpha value is -2.37. The fourth-order valence-corrected chi connectivity index (χ4v) is 5.13.